The second-order valence-electron chi connectivity index (χ2n) is 6.10. The molecule has 2 atom stereocenters. The zero-order valence-electron chi connectivity index (χ0n) is 13.2. The van der Waals surface area contributed by atoms with Gasteiger partial charge in [0.1, 0.15) is 5.82 Å². The maximum absolute atomic E-state index is 13.4. The number of ether oxygens (including phenoxy) is 1. The van der Waals surface area contributed by atoms with Crippen LogP contribution in [0, 0.1) is 12.7 Å². The Bertz CT molecular complexity index is 474. The minimum atomic E-state index is -0.527. The lowest BCUT2D eigenvalue weighted by molar-refractivity contribution is -0.0714. The van der Waals surface area contributed by atoms with Crippen molar-refractivity contribution in [2.75, 3.05) is 26.3 Å². The third-order valence-electron chi connectivity index (χ3n) is 4.89. The quantitative estimate of drug-likeness (QED) is 0.906. The van der Waals surface area contributed by atoms with E-state index in [0.717, 1.165) is 30.6 Å². The van der Waals surface area contributed by atoms with Crippen LogP contribution in [0.25, 0.3) is 0 Å². The van der Waals surface area contributed by atoms with Gasteiger partial charge in [-0.3, -0.25) is 4.90 Å². The summed E-state index contributed by atoms with van der Waals surface area (Å²) in [6, 6.07) is 4.77. The van der Waals surface area contributed by atoms with E-state index in [-0.39, 0.29) is 11.4 Å². The van der Waals surface area contributed by atoms with Crippen molar-refractivity contribution in [1.82, 2.24) is 4.90 Å². The molecule has 21 heavy (non-hydrogen) atoms. The summed E-state index contributed by atoms with van der Waals surface area (Å²) >= 11 is 0. The van der Waals surface area contributed by atoms with Gasteiger partial charge in [-0.05, 0) is 43.5 Å². The fourth-order valence-corrected chi connectivity index (χ4v) is 3.03. The van der Waals surface area contributed by atoms with E-state index in [1.165, 1.54) is 12.1 Å². The molecule has 4 heteroatoms. The van der Waals surface area contributed by atoms with Crippen LogP contribution in [0.15, 0.2) is 18.2 Å². The molecule has 0 spiro atoms. The lowest BCUT2D eigenvalue weighted by Gasteiger charge is -2.46. The van der Waals surface area contributed by atoms with Crippen LogP contribution in [-0.2, 0) is 11.2 Å². The number of nitrogens with zero attached hydrogens (tertiary/aromatic N) is 1. The van der Waals surface area contributed by atoms with Gasteiger partial charge in [0.05, 0.1) is 19.3 Å². The van der Waals surface area contributed by atoms with Gasteiger partial charge in [0.15, 0.2) is 0 Å². The van der Waals surface area contributed by atoms with Crippen LogP contribution in [0.4, 0.5) is 4.39 Å². The Hall–Kier alpha value is -0.970. The predicted octanol–water partition coefficient (Wildman–Crippen LogP) is 2.54. The Kier molecular flexibility index (Phi) is 5.36. The van der Waals surface area contributed by atoms with Gasteiger partial charge < -0.3 is 9.84 Å². The molecule has 0 radical (unpaired) electrons. The van der Waals surface area contributed by atoms with Crippen molar-refractivity contribution in [3.63, 3.8) is 0 Å². The van der Waals surface area contributed by atoms with Gasteiger partial charge >= 0.3 is 0 Å². The number of aliphatic hydroxyl groups excluding tert-OH is 1. The molecule has 0 amide bonds. The summed E-state index contributed by atoms with van der Waals surface area (Å²) in [5.74, 6) is -0.243. The SMILES string of the molecule is CCC(C)(C(O)Cc1cc(F)ccc1C)N1CCOCC1. The minimum absolute atomic E-state index is 0.243. The van der Waals surface area contributed by atoms with Crippen LogP contribution < -0.4 is 0 Å². The van der Waals surface area contributed by atoms with E-state index in [9.17, 15) is 9.50 Å². The number of benzene rings is 1. The monoisotopic (exact) mass is 295 g/mol. The van der Waals surface area contributed by atoms with Gasteiger partial charge in [0.2, 0.25) is 0 Å². The van der Waals surface area contributed by atoms with Crippen molar-refractivity contribution in [1.29, 1.82) is 0 Å². The van der Waals surface area contributed by atoms with Crippen LogP contribution in [0.5, 0.6) is 0 Å². The normalized spacial score (nSPS) is 21.0. The Morgan fingerprint density at radius 2 is 2.05 bits per heavy atom. The number of aliphatic hydroxyl groups is 1. The number of halogens is 1. The number of hydrogen-bond donors (Lipinski definition) is 1. The van der Waals surface area contributed by atoms with Crippen LogP contribution in [0.3, 0.4) is 0 Å². The average Bonchev–Trinajstić information content (AvgIpc) is 2.51. The minimum Gasteiger partial charge on any atom is -0.391 e. The van der Waals surface area contributed by atoms with Gasteiger partial charge in [0.25, 0.3) is 0 Å². The zero-order chi connectivity index (χ0) is 15.5. The van der Waals surface area contributed by atoms with E-state index in [0.29, 0.717) is 19.6 Å². The maximum Gasteiger partial charge on any atom is 0.123 e. The number of rotatable bonds is 5. The summed E-state index contributed by atoms with van der Waals surface area (Å²) in [6.07, 6.45) is 0.800. The highest BCUT2D eigenvalue weighted by Crippen LogP contribution is 2.28. The molecule has 2 unspecified atom stereocenters. The number of aryl methyl sites for hydroxylation is 1. The molecule has 1 saturated heterocycles. The molecule has 0 saturated carbocycles. The molecule has 1 N–H and O–H groups in total. The van der Waals surface area contributed by atoms with E-state index >= 15 is 0 Å². The van der Waals surface area contributed by atoms with Gasteiger partial charge in [-0.25, -0.2) is 4.39 Å². The van der Waals surface area contributed by atoms with Crippen molar-refractivity contribution < 1.29 is 14.2 Å². The zero-order valence-corrected chi connectivity index (χ0v) is 13.2. The highest BCUT2D eigenvalue weighted by Gasteiger charge is 2.38. The molecule has 2 rings (SSSR count). The smallest absolute Gasteiger partial charge is 0.123 e. The third kappa shape index (κ3) is 3.62. The van der Waals surface area contributed by atoms with Crippen molar-refractivity contribution in [2.45, 2.75) is 45.3 Å². The van der Waals surface area contributed by atoms with Crippen molar-refractivity contribution in [3.05, 3.63) is 35.1 Å². The Balaban J connectivity index is 2.15. The second-order valence-corrected chi connectivity index (χ2v) is 6.10. The first-order valence-corrected chi connectivity index (χ1v) is 7.73. The van der Waals surface area contributed by atoms with Gasteiger partial charge in [-0.2, -0.15) is 0 Å². The van der Waals surface area contributed by atoms with E-state index in [1.807, 2.05) is 6.92 Å². The predicted molar refractivity (Wildman–Crippen MR) is 81.9 cm³/mol. The van der Waals surface area contributed by atoms with Crippen LogP contribution in [-0.4, -0.2) is 48.0 Å². The third-order valence-corrected chi connectivity index (χ3v) is 4.89. The van der Waals surface area contributed by atoms with Gasteiger partial charge in [-0.15, -0.1) is 0 Å². The topological polar surface area (TPSA) is 32.7 Å². The lowest BCUT2D eigenvalue weighted by atomic mass is 9.84. The van der Waals surface area contributed by atoms with E-state index in [4.69, 9.17) is 4.74 Å². The molecule has 3 nitrogen and oxygen atoms in total. The van der Waals surface area contributed by atoms with Crippen molar-refractivity contribution in [3.8, 4) is 0 Å². The molecule has 1 aromatic rings. The van der Waals surface area contributed by atoms with Crippen molar-refractivity contribution >= 4 is 0 Å². The largest absolute Gasteiger partial charge is 0.391 e. The van der Waals surface area contributed by atoms with E-state index in [1.54, 1.807) is 6.07 Å². The highest BCUT2D eigenvalue weighted by atomic mass is 19.1. The van der Waals surface area contributed by atoms with E-state index < -0.39 is 6.10 Å². The standard InChI is InChI=1S/C17H26FNO2/c1-4-17(3,19-7-9-21-10-8-19)16(20)12-14-11-15(18)6-5-13(14)2/h5-6,11,16,20H,4,7-10,12H2,1-3H3. The molecule has 1 heterocycles. The molecular formula is C17H26FNO2. The summed E-state index contributed by atoms with van der Waals surface area (Å²) in [6.45, 7) is 9.24. The molecule has 0 bridgehead atoms. The van der Waals surface area contributed by atoms with Crippen LogP contribution in [0.1, 0.15) is 31.4 Å². The first-order chi connectivity index (χ1) is 9.97. The molecule has 1 fully saturated rings. The van der Waals surface area contributed by atoms with Crippen LogP contribution in [0.2, 0.25) is 0 Å². The summed E-state index contributed by atoms with van der Waals surface area (Å²) < 4.78 is 18.8. The summed E-state index contributed by atoms with van der Waals surface area (Å²) in [5, 5.41) is 10.8. The molecule has 1 aliphatic rings. The summed E-state index contributed by atoms with van der Waals surface area (Å²) in [7, 11) is 0. The highest BCUT2D eigenvalue weighted by molar-refractivity contribution is 5.27. The first kappa shape index (κ1) is 16.4. The summed E-state index contributed by atoms with van der Waals surface area (Å²) in [5.41, 5.74) is 1.61. The fourth-order valence-electron chi connectivity index (χ4n) is 3.03. The summed E-state index contributed by atoms with van der Waals surface area (Å²) in [4.78, 5) is 2.30. The second kappa shape index (κ2) is 6.86. The molecule has 118 valence electrons. The van der Waals surface area contributed by atoms with Crippen LogP contribution >= 0.6 is 0 Å². The molecule has 1 aliphatic heterocycles. The van der Waals surface area contributed by atoms with E-state index in [2.05, 4.69) is 18.7 Å². The van der Waals surface area contributed by atoms with Gasteiger partial charge in [0, 0.05) is 25.0 Å². The number of morpholine rings is 1. The fraction of sp³-hybridized carbons (Fsp3) is 0.647. The molecular weight excluding hydrogens is 269 g/mol. The van der Waals surface area contributed by atoms with Gasteiger partial charge in [-0.1, -0.05) is 13.0 Å². The van der Waals surface area contributed by atoms with Crippen molar-refractivity contribution in [2.24, 2.45) is 0 Å². The average molecular weight is 295 g/mol. The number of hydrogen-bond acceptors (Lipinski definition) is 3. The molecule has 0 aromatic heterocycles. The lowest BCUT2D eigenvalue weighted by Crippen LogP contribution is -2.58. The Morgan fingerprint density at radius 3 is 2.67 bits per heavy atom. The Morgan fingerprint density at radius 1 is 1.38 bits per heavy atom. The Labute approximate surface area is 126 Å². The maximum atomic E-state index is 13.4. The first-order valence-electron chi connectivity index (χ1n) is 7.73. The molecule has 0 aliphatic carbocycles. The molecule has 1 aromatic carbocycles.